The number of hydrogen-bond donors (Lipinski definition) is 0. The second kappa shape index (κ2) is 14.5. The Morgan fingerprint density at radius 3 is 2.17 bits per heavy atom. The maximum Gasteiger partial charge on any atom is 0.0648 e. The summed E-state index contributed by atoms with van der Waals surface area (Å²) in [5.74, 6) is 0. The zero-order valence-corrected chi connectivity index (χ0v) is 12.0. The van der Waals surface area contributed by atoms with E-state index in [4.69, 9.17) is 9.47 Å². The van der Waals surface area contributed by atoms with Crippen molar-refractivity contribution in [3.05, 3.63) is 25.3 Å². The Labute approximate surface area is 113 Å². The van der Waals surface area contributed by atoms with Crippen LogP contribution in [0.5, 0.6) is 0 Å². The van der Waals surface area contributed by atoms with Crippen molar-refractivity contribution >= 4 is 0 Å². The van der Waals surface area contributed by atoms with E-state index >= 15 is 0 Å². The third-order valence-electron chi connectivity index (χ3n) is 2.88. The van der Waals surface area contributed by atoms with Gasteiger partial charge in [-0.1, -0.05) is 44.3 Å². The molecule has 106 valence electrons. The summed E-state index contributed by atoms with van der Waals surface area (Å²) >= 11 is 0. The minimum absolute atomic E-state index is 0.371. The number of unbranched alkanes of at least 4 members (excludes halogenated alkanes) is 5. The van der Waals surface area contributed by atoms with Crippen LogP contribution in [0.2, 0.25) is 0 Å². The molecule has 0 rings (SSSR count). The molecule has 0 aromatic rings. The molecular weight excluding hydrogens is 224 g/mol. The van der Waals surface area contributed by atoms with Gasteiger partial charge in [0, 0.05) is 6.61 Å². The number of ether oxygens (including phenoxy) is 2. The van der Waals surface area contributed by atoms with E-state index in [9.17, 15) is 0 Å². The van der Waals surface area contributed by atoms with E-state index in [0.29, 0.717) is 19.3 Å². The van der Waals surface area contributed by atoms with Crippen molar-refractivity contribution in [2.45, 2.75) is 58.0 Å². The highest BCUT2D eigenvalue weighted by Crippen LogP contribution is 2.10. The SMILES string of the molecule is C=CCOCCCCCCCCC(C)OCC=C. The van der Waals surface area contributed by atoms with E-state index < -0.39 is 0 Å². The summed E-state index contributed by atoms with van der Waals surface area (Å²) < 4.78 is 10.9. The first-order valence-electron chi connectivity index (χ1n) is 7.22. The molecule has 2 heteroatoms. The Bertz CT molecular complexity index is 190. The molecule has 18 heavy (non-hydrogen) atoms. The maximum absolute atomic E-state index is 5.53. The quantitative estimate of drug-likeness (QED) is 0.335. The lowest BCUT2D eigenvalue weighted by molar-refractivity contribution is 0.0798. The molecule has 0 radical (unpaired) electrons. The lowest BCUT2D eigenvalue weighted by atomic mass is 10.1. The van der Waals surface area contributed by atoms with Crippen LogP contribution in [0.15, 0.2) is 25.3 Å². The monoisotopic (exact) mass is 254 g/mol. The van der Waals surface area contributed by atoms with Crippen LogP contribution in [0.3, 0.4) is 0 Å². The van der Waals surface area contributed by atoms with Gasteiger partial charge in [0.2, 0.25) is 0 Å². The molecule has 0 saturated carbocycles. The zero-order chi connectivity index (χ0) is 13.5. The third-order valence-corrected chi connectivity index (χ3v) is 2.88. The van der Waals surface area contributed by atoms with Crippen LogP contribution in [0, 0.1) is 0 Å². The van der Waals surface area contributed by atoms with Gasteiger partial charge in [-0.05, 0) is 19.8 Å². The van der Waals surface area contributed by atoms with E-state index in [1.54, 1.807) is 6.08 Å². The molecule has 0 aromatic carbocycles. The van der Waals surface area contributed by atoms with Gasteiger partial charge in [0.05, 0.1) is 19.3 Å². The molecule has 0 heterocycles. The van der Waals surface area contributed by atoms with Gasteiger partial charge in [-0.2, -0.15) is 0 Å². The molecular formula is C16H30O2. The molecule has 0 amide bonds. The first-order chi connectivity index (χ1) is 8.81. The van der Waals surface area contributed by atoms with E-state index in [2.05, 4.69) is 20.1 Å². The van der Waals surface area contributed by atoms with Crippen LogP contribution < -0.4 is 0 Å². The average Bonchev–Trinajstić information content (AvgIpc) is 2.38. The Kier molecular flexibility index (Phi) is 14.0. The first-order valence-corrected chi connectivity index (χ1v) is 7.22. The van der Waals surface area contributed by atoms with Crippen molar-refractivity contribution in [2.75, 3.05) is 19.8 Å². The summed E-state index contributed by atoms with van der Waals surface area (Å²) in [6.07, 6.45) is 12.8. The molecule has 0 aromatic heterocycles. The van der Waals surface area contributed by atoms with Crippen molar-refractivity contribution in [3.8, 4) is 0 Å². The fourth-order valence-corrected chi connectivity index (χ4v) is 1.83. The normalized spacial score (nSPS) is 12.3. The zero-order valence-electron chi connectivity index (χ0n) is 12.0. The summed E-state index contributed by atoms with van der Waals surface area (Å²) in [7, 11) is 0. The van der Waals surface area contributed by atoms with Crippen LogP contribution in [0.25, 0.3) is 0 Å². The lowest BCUT2D eigenvalue weighted by Gasteiger charge is -2.10. The second-order valence-corrected chi connectivity index (χ2v) is 4.71. The van der Waals surface area contributed by atoms with Crippen LogP contribution in [0.1, 0.15) is 51.9 Å². The van der Waals surface area contributed by atoms with Crippen LogP contribution in [-0.2, 0) is 9.47 Å². The van der Waals surface area contributed by atoms with Gasteiger partial charge < -0.3 is 9.47 Å². The minimum atomic E-state index is 0.371. The molecule has 2 nitrogen and oxygen atoms in total. The molecule has 0 aliphatic heterocycles. The predicted octanol–water partition coefficient (Wildman–Crippen LogP) is 4.51. The summed E-state index contributed by atoms with van der Waals surface area (Å²) in [6.45, 7) is 11.6. The van der Waals surface area contributed by atoms with Gasteiger partial charge in [0.25, 0.3) is 0 Å². The highest BCUT2D eigenvalue weighted by Gasteiger charge is 2.00. The Hall–Kier alpha value is -0.600. The highest BCUT2D eigenvalue weighted by atomic mass is 16.5. The predicted molar refractivity (Wildman–Crippen MR) is 78.9 cm³/mol. The highest BCUT2D eigenvalue weighted by molar-refractivity contribution is 4.65. The van der Waals surface area contributed by atoms with E-state index in [1.807, 2.05) is 6.08 Å². The molecule has 1 unspecified atom stereocenters. The van der Waals surface area contributed by atoms with E-state index in [1.165, 1.54) is 38.5 Å². The summed E-state index contributed by atoms with van der Waals surface area (Å²) in [5.41, 5.74) is 0. The third kappa shape index (κ3) is 13.5. The van der Waals surface area contributed by atoms with Gasteiger partial charge in [-0.3, -0.25) is 0 Å². The molecule has 0 bridgehead atoms. The lowest BCUT2D eigenvalue weighted by Crippen LogP contribution is -2.07. The van der Waals surface area contributed by atoms with Crippen molar-refractivity contribution in [2.24, 2.45) is 0 Å². The van der Waals surface area contributed by atoms with Crippen LogP contribution >= 0.6 is 0 Å². The van der Waals surface area contributed by atoms with Gasteiger partial charge in [-0.25, -0.2) is 0 Å². The summed E-state index contributed by atoms with van der Waals surface area (Å²) in [4.78, 5) is 0. The first kappa shape index (κ1) is 17.4. The van der Waals surface area contributed by atoms with Crippen molar-refractivity contribution < 1.29 is 9.47 Å². The number of hydrogen-bond acceptors (Lipinski definition) is 2. The molecule has 0 saturated heterocycles. The van der Waals surface area contributed by atoms with Crippen LogP contribution in [-0.4, -0.2) is 25.9 Å². The van der Waals surface area contributed by atoms with E-state index in [0.717, 1.165) is 13.0 Å². The topological polar surface area (TPSA) is 18.5 Å². The fourth-order valence-electron chi connectivity index (χ4n) is 1.83. The largest absolute Gasteiger partial charge is 0.377 e. The fraction of sp³-hybridized carbons (Fsp3) is 0.750. The maximum atomic E-state index is 5.53. The van der Waals surface area contributed by atoms with Gasteiger partial charge >= 0.3 is 0 Å². The smallest absolute Gasteiger partial charge is 0.0648 e. The van der Waals surface area contributed by atoms with Crippen molar-refractivity contribution in [1.82, 2.24) is 0 Å². The molecule has 1 atom stereocenters. The summed E-state index contributed by atoms with van der Waals surface area (Å²) in [5, 5.41) is 0. The molecule has 0 aliphatic rings. The molecule has 0 spiro atoms. The van der Waals surface area contributed by atoms with Gasteiger partial charge in [0.15, 0.2) is 0 Å². The average molecular weight is 254 g/mol. The Morgan fingerprint density at radius 1 is 0.889 bits per heavy atom. The van der Waals surface area contributed by atoms with E-state index in [-0.39, 0.29) is 0 Å². The Morgan fingerprint density at radius 2 is 1.50 bits per heavy atom. The summed E-state index contributed by atoms with van der Waals surface area (Å²) in [6, 6.07) is 0. The molecule has 0 N–H and O–H groups in total. The second-order valence-electron chi connectivity index (χ2n) is 4.71. The standard InChI is InChI=1S/C16H30O2/c1-4-13-17-15-11-9-7-6-8-10-12-16(3)18-14-5-2/h4-5,16H,1-2,6-15H2,3H3. The van der Waals surface area contributed by atoms with Crippen molar-refractivity contribution in [3.63, 3.8) is 0 Å². The molecule has 0 aliphatic carbocycles. The van der Waals surface area contributed by atoms with Crippen molar-refractivity contribution in [1.29, 1.82) is 0 Å². The minimum Gasteiger partial charge on any atom is -0.377 e. The molecule has 0 fully saturated rings. The van der Waals surface area contributed by atoms with Gasteiger partial charge in [-0.15, -0.1) is 13.2 Å². The Balaban J connectivity index is 3.06. The van der Waals surface area contributed by atoms with Gasteiger partial charge in [0.1, 0.15) is 0 Å². The van der Waals surface area contributed by atoms with Crippen LogP contribution in [0.4, 0.5) is 0 Å². The number of rotatable bonds is 14.